The number of nitrogens with one attached hydrogen (secondary N) is 1. The number of aliphatic hydroxyl groups is 1. The van der Waals surface area contributed by atoms with Gasteiger partial charge in [-0.05, 0) is 19.4 Å². The summed E-state index contributed by atoms with van der Waals surface area (Å²) in [7, 11) is 1.69. The number of hydrogen-bond donors (Lipinski definition) is 2. The molecule has 1 rings (SSSR count). The summed E-state index contributed by atoms with van der Waals surface area (Å²) < 4.78 is 5.00. The normalized spacial score (nSPS) is 12.5. The molecule has 1 aromatic rings. The van der Waals surface area contributed by atoms with Gasteiger partial charge in [0.05, 0.1) is 18.5 Å². The van der Waals surface area contributed by atoms with Crippen LogP contribution in [0.1, 0.15) is 18.9 Å². The van der Waals surface area contributed by atoms with Crippen molar-refractivity contribution in [2.75, 3.05) is 19.0 Å². The zero-order valence-electron chi connectivity index (χ0n) is 9.23. The first-order chi connectivity index (χ1) is 7.27. The smallest absolute Gasteiger partial charge is 0.0703 e. The SMILES string of the molecule is COCCC(C)Nc1cnccc1CO. The van der Waals surface area contributed by atoms with Gasteiger partial charge in [0.2, 0.25) is 0 Å². The zero-order valence-corrected chi connectivity index (χ0v) is 9.23. The number of pyridine rings is 1. The van der Waals surface area contributed by atoms with E-state index in [1.165, 1.54) is 0 Å². The van der Waals surface area contributed by atoms with Gasteiger partial charge in [0, 0.05) is 31.5 Å². The second kappa shape index (κ2) is 6.37. The van der Waals surface area contributed by atoms with Crippen LogP contribution in [0.4, 0.5) is 5.69 Å². The Labute approximate surface area is 90.3 Å². The van der Waals surface area contributed by atoms with Gasteiger partial charge in [0.1, 0.15) is 0 Å². The first-order valence-corrected chi connectivity index (χ1v) is 5.07. The fourth-order valence-electron chi connectivity index (χ4n) is 1.32. The van der Waals surface area contributed by atoms with Gasteiger partial charge in [-0.15, -0.1) is 0 Å². The highest BCUT2D eigenvalue weighted by molar-refractivity contribution is 5.49. The molecule has 4 nitrogen and oxygen atoms in total. The van der Waals surface area contributed by atoms with Gasteiger partial charge in [0.25, 0.3) is 0 Å². The molecule has 1 heterocycles. The lowest BCUT2D eigenvalue weighted by atomic mass is 10.2. The Morgan fingerprint density at radius 3 is 3.07 bits per heavy atom. The van der Waals surface area contributed by atoms with Crippen LogP contribution in [0.25, 0.3) is 0 Å². The standard InChI is InChI=1S/C11H18N2O2/c1-9(4-6-15-2)13-11-7-12-5-3-10(11)8-14/h3,5,7,9,13-14H,4,6,8H2,1-2H3. The molecule has 0 fully saturated rings. The summed E-state index contributed by atoms with van der Waals surface area (Å²) in [5.74, 6) is 0. The van der Waals surface area contributed by atoms with Crippen LogP contribution in [0.3, 0.4) is 0 Å². The highest BCUT2D eigenvalue weighted by Gasteiger charge is 2.05. The fraction of sp³-hybridized carbons (Fsp3) is 0.545. The van der Waals surface area contributed by atoms with Crippen LogP contribution in [0, 0.1) is 0 Å². The third-order valence-corrected chi connectivity index (χ3v) is 2.24. The summed E-state index contributed by atoms with van der Waals surface area (Å²) in [4.78, 5) is 4.02. The predicted molar refractivity (Wildman–Crippen MR) is 59.7 cm³/mol. The van der Waals surface area contributed by atoms with E-state index in [0.717, 1.165) is 24.3 Å². The third kappa shape index (κ3) is 3.85. The van der Waals surface area contributed by atoms with Gasteiger partial charge < -0.3 is 15.2 Å². The molecule has 0 amide bonds. The molecule has 4 heteroatoms. The van der Waals surface area contributed by atoms with Crippen LogP contribution in [-0.4, -0.2) is 29.8 Å². The van der Waals surface area contributed by atoms with E-state index in [1.807, 2.05) is 6.07 Å². The molecule has 0 aromatic carbocycles. The summed E-state index contributed by atoms with van der Waals surface area (Å²) in [5, 5.41) is 12.4. The Morgan fingerprint density at radius 1 is 1.60 bits per heavy atom. The number of anilines is 1. The average molecular weight is 210 g/mol. The number of aliphatic hydroxyl groups excluding tert-OH is 1. The lowest BCUT2D eigenvalue weighted by Gasteiger charge is -2.16. The molecular formula is C11H18N2O2. The average Bonchev–Trinajstić information content (AvgIpc) is 2.27. The van der Waals surface area contributed by atoms with Crippen LogP contribution in [-0.2, 0) is 11.3 Å². The maximum Gasteiger partial charge on any atom is 0.0703 e. The van der Waals surface area contributed by atoms with E-state index < -0.39 is 0 Å². The largest absolute Gasteiger partial charge is 0.392 e. The maximum absolute atomic E-state index is 9.11. The summed E-state index contributed by atoms with van der Waals surface area (Å²) >= 11 is 0. The van der Waals surface area contributed by atoms with Crippen molar-refractivity contribution < 1.29 is 9.84 Å². The molecule has 1 aromatic heterocycles. The van der Waals surface area contributed by atoms with E-state index in [2.05, 4.69) is 17.2 Å². The highest BCUT2D eigenvalue weighted by atomic mass is 16.5. The molecule has 1 unspecified atom stereocenters. The summed E-state index contributed by atoms with van der Waals surface area (Å²) in [6.45, 7) is 2.83. The van der Waals surface area contributed by atoms with E-state index in [0.29, 0.717) is 6.04 Å². The molecule has 0 aliphatic carbocycles. The molecule has 2 N–H and O–H groups in total. The number of rotatable bonds is 6. The monoisotopic (exact) mass is 210 g/mol. The molecule has 0 aliphatic heterocycles. The molecule has 0 saturated carbocycles. The molecule has 1 atom stereocenters. The van der Waals surface area contributed by atoms with Crippen LogP contribution < -0.4 is 5.32 Å². The topological polar surface area (TPSA) is 54.4 Å². The Balaban J connectivity index is 2.55. The van der Waals surface area contributed by atoms with Crippen molar-refractivity contribution in [3.05, 3.63) is 24.0 Å². The van der Waals surface area contributed by atoms with Crippen molar-refractivity contribution in [2.24, 2.45) is 0 Å². The fourth-order valence-corrected chi connectivity index (χ4v) is 1.32. The van der Waals surface area contributed by atoms with E-state index in [1.54, 1.807) is 19.5 Å². The third-order valence-electron chi connectivity index (χ3n) is 2.24. The van der Waals surface area contributed by atoms with E-state index >= 15 is 0 Å². The molecule has 0 aliphatic rings. The highest BCUT2D eigenvalue weighted by Crippen LogP contribution is 2.14. The minimum absolute atomic E-state index is 0.0296. The van der Waals surface area contributed by atoms with Crippen LogP contribution >= 0.6 is 0 Å². The quantitative estimate of drug-likeness (QED) is 0.745. The van der Waals surface area contributed by atoms with Gasteiger partial charge >= 0.3 is 0 Å². The Kier molecular flexibility index (Phi) is 5.07. The molecule has 15 heavy (non-hydrogen) atoms. The van der Waals surface area contributed by atoms with Crippen molar-refractivity contribution in [1.29, 1.82) is 0 Å². The van der Waals surface area contributed by atoms with Crippen molar-refractivity contribution in [3.63, 3.8) is 0 Å². The predicted octanol–water partition coefficient (Wildman–Crippen LogP) is 1.41. The zero-order chi connectivity index (χ0) is 11.1. The van der Waals surface area contributed by atoms with Gasteiger partial charge in [-0.3, -0.25) is 4.98 Å². The lowest BCUT2D eigenvalue weighted by Crippen LogP contribution is -2.18. The van der Waals surface area contributed by atoms with Crippen LogP contribution in [0.2, 0.25) is 0 Å². The van der Waals surface area contributed by atoms with Crippen molar-refractivity contribution >= 4 is 5.69 Å². The van der Waals surface area contributed by atoms with Crippen molar-refractivity contribution in [3.8, 4) is 0 Å². The Hall–Kier alpha value is -1.13. The summed E-state index contributed by atoms with van der Waals surface area (Å²) in [5.41, 5.74) is 1.76. The second-order valence-electron chi connectivity index (χ2n) is 3.52. The molecule has 0 saturated heterocycles. The molecule has 0 spiro atoms. The first kappa shape index (κ1) is 11.9. The van der Waals surface area contributed by atoms with E-state index in [-0.39, 0.29) is 6.61 Å². The van der Waals surface area contributed by atoms with Gasteiger partial charge in [-0.2, -0.15) is 0 Å². The van der Waals surface area contributed by atoms with Gasteiger partial charge in [-0.1, -0.05) is 0 Å². The Morgan fingerprint density at radius 2 is 2.40 bits per heavy atom. The minimum atomic E-state index is 0.0296. The molecule has 0 radical (unpaired) electrons. The second-order valence-corrected chi connectivity index (χ2v) is 3.52. The number of methoxy groups -OCH3 is 1. The molecule has 84 valence electrons. The number of nitrogens with zero attached hydrogens (tertiary/aromatic N) is 1. The Bertz CT molecular complexity index is 292. The van der Waals surface area contributed by atoms with Gasteiger partial charge in [-0.25, -0.2) is 0 Å². The lowest BCUT2D eigenvalue weighted by molar-refractivity contribution is 0.191. The maximum atomic E-state index is 9.11. The summed E-state index contributed by atoms with van der Waals surface area (Å²) in [6.07, 6.45) is 4.33. The van der Waals surface area contributed by atoms with Gasteiger partial charge in [0.15, 0.2) is 0 Å². The molecule has 0 bridgehead atoms. The summed E-state index contributed by atoms with van der Waals surface area (Å²) in [6, 6.07) is 2.12. The minimum Gasteiger partial charge on any atom is -0.392 e. The number of ether oxygens (including phenoxy) is 1. The van der Waals surface area contributed by atoms with Crippen molar-refractivity contribution in [1.82, 2.24) is 4.98 Å². The van der Waals surface area contributed by atoms with E-state index in [9.17, 15) is 0 Å². The molecular weight excluding hydrogens is 192 g/mol. The number of aromatic nitrogens is 1. The van der Waals surface area contributed by atoms with Crippen LogP contribution in [0.15, 0.2) is 18.5 Å². The first-order valence-electron chi connectivity index (χ1n) is 5.07. The van der Waals surface area contributed by atoms with Crippen LogP contribution in [0.5, 0.6) is 0 Å². The number of hydrogen-bond acceptors (Lipinski definition) is 4. The van der Waals surface area contributed by atoms with Crippen molar-refractivity contribution in [2.45, 2.75) is 26.0 Å². The van der Waals surface area contributed by atoms with E-state index in [4.69, 9.17) is 9.84 Å².